The summed E-state index contributed by atoms with van der Waals surface area (Å²) in [7, 11) is 3.01. The minimum atomic E-state index is -0.840. The van der Waals surface area contributed by atoms with E-state index in [-0.39, 0.29) is 35.5 Å². The van der Waals surface area contributed by atoms with Gasteiger partial charge in [0.25, 0.3) is 0 Å². The Hall–Kier alpha value is -3.45. The number of Topliss-reactive ketones (excluding diaryl/α,β-unsaturated/α-hetero) is 1. The molecule has 1 heterocycles. The van der Waals surface area contributed by atoms with Crippen molar-refractivity contribution in [3.63, 3.8) is 0 Å². The molecule has 4 N–H and O–H groups in total. The van der Waals surface area contributed by atoms with Crippen molar-refractivity contribution in [2.75, 3.05) is 14.2 Å². The normalized spacial score (nSPS) is 13.7. The molecule has 3 unspecified atom stereocenters. The van der Waals surface area contributed by atoms with Crippen LogP contribution in [0.1, 0.15) is 49.8 Å². The number of ether oxygens (including phenoxy) is 2. The van der Waals surface area contributed by atoms with Gasteiger partial charge in [-0.25, -0.2) is 0 Å². The number of aromatic hydroxyl groups is 2. The van der Waals surface area contributed by atoms with Crippen LogP contribution >= 0.6 is 0 Å². The van der Waals surface area contributed by atoms with Crippen molar-refractivity contribution < 1.29 is 29.6 Å². The highest BCUT2D eigenvalue weighted by Gasteiger charge is 2.28. The van der Waals surface area contributed by atoms with E-state index in [1.54, 1.807) is 24.3 Å². The highest BCUT2D eigenvalue weighted by molar-refractivity contribution is 5.81. The Balaban J connectivity index is 1.78. The molecule has 0 aliphatic heterocycles. The maximum Gasteiger partial charge on any atom is 0.160 e. The van der Waals surface area contributed by atoms with Gasteiger partial charge in [0.05, 0.1) is 20.3 Å². The average Bonchev–Trinajstić information content (AvgIpc) is 3.41. The number of hydrogen-bond donors (Lipinski definition) is 4. The van der Waals surface area contributed by atoms with Gasteiger partial charge in [0, 0.05) is 24.7 Å². The first kappa shape index (κ1) is 29.1. The number of ketones is 1. The number of methoxy groups -OCH3 is 2. The SMILES string of the molecule is COc1cc(CC(CCC(C)C)C(=O)CC(O)C(Cc2cc[nH]c2)Cc2ccc(O)c(OC)c2)ccc1O. The van der Waals surface area contributed by atoms with Crippen LogP contribution in [0.15, 0.2) is 54.9 Å². The Labute approximate surface area is 225 Å². The van der Waals surface area contributed by atoms with Gasteiger partial charge in [-0.1, -0.05) is 32.4 Å². The Kier molecular flexibility index (Phi) is 10.7. The number of aliphatic hydroxyl groups excluding tert-OH is 1. The number of aromatic nitrogens is 1. The van der Waals surface area contributed by atoms with Crippen LogP contribution in [0, 0.1) is 17.8 Å². The van der Waals surface area contributed by atoms with Gasteiger partial charge in [-0.3, -0.25) is 4.79 Å². The molecule has 206 valence electrons. The van der Waals surface area contributed by atoms with Crippen molar-refractivity contribution in [2.45, 2.75) is 58.5 Å². The van der Waals surface area contributed by atoms with E-state index in [0.717, 1.165) is 29.5 Å². The summed E-state index contributed by atoms with van der Waals surface area (Å²) in [5.41, 5.74) is 2.88. The predicted octanol–water partition coefficient (Wildman–Crippen LogP) is 5.46. The number of benzene rings is 2. The molecule has 0 fully saturated rings. The van der Waals surface area contributed by atoms with E-state index in [4.69, 9.17) is 9.47 Å². The lowest BCUT2D eigenvalue weighted by Gasteiger charge is -2.25. The quantitative estimate of drug-likeness (QED) is 0.210. The summed E-state index contributed by atoms with van der Waals surface area (Å²) in [5, 5.41) is 31.3. The number of H-pyrrole nitrogens is 1. The highest BCUT2D eigenvalue weighted by Crippen LogP contribution is 2.31. The smallest absolute Gasteiger partial charge is 0.160 e. The molecule has 0 radical (unpaired) electrons. The standard InChI is InChI=1S/C31H41NO6/c1-20(2)5-8-24(13-21-6-9-26(33)30(16-21)37-3)28(35)18-29(36)25(15-23-11-12-32-19-23)14-22-7-10-27(34)31(17-22)38-4/h6-7,9-12,16-17,19-20,24-25,29,32-34,36H,5,8,13-15,18H2,1-4H3. The molecule has 7 nitrogen and oxygen atoms in total. The van der Waals surface area contributed by atoms with E-state index in [0.29, 0.717) is 36.7 Å². The number of carbonyl (C=O) groups excluding carboxylic acids is 1. The minimum Gasteiger partial charge on any atom is -0.504 e. The monoisotopic (exact) mass is 523 g/mol. The Morgan fingerprint density at radius 2 is 1.42 bits per heavy atom. The van der Waals surface area contributed by atoms with E-state index >= 15 is 0 Å². The molecule has 0 saturated heterocycles. The summed E-state index contributed by atoms with van der Waals surface area (Å²) < 4.78 is 10.5. The van der Waals surface area contributed by atoms with Gasteiger partial charge >= 0.3 is 0 Å². The number of phenols is 2. The molecule has 38 heavy (non-hydrogen) atoms. The summed E-state index contributed by atoms with van der Waals surface area (Å²) >= 11 is 0. The third-order valence-electron chi connectivity index (χ3n) is 7.13. The molecule has 3 atom stereocenters. The number of nitrogens with one attached hydrogen (secondary N) is 1. The molecule has 0 spiro atoms. The van der Waals surface area contributed by atoms with Crippen LogP contribution in [0.2, 0.25) is 0 Å². The number of hydrogen-bond acceptors (Lipinski definition) is 6. The largest absolute Gasteiger partial charge is 0.504 e. The molecule has 1 aromatic heterocycles. The fourth-order valence-corrected chi connectivity index (χ4v) is 4.87. The number of phenolic OH excluding ortho intramolecular Hbond substituents is 2. The molecule has 7 heteroatoms. The summed E-state index contributed by atoms with van der Waals surface area (Å²) in [5.74, 6) is 0.928. The third kappa shape index (κ3) is 8.28. The maximum absolute atomic E-state index is 13.6. The van der Waals surface area contributed by atoms with E-state index in [1.165, 1.54) is 14.2 Å². The first-order valence-corrected chi connectivity index (χ1v) is 13.2. The van der Waals surface area contributed by atoms with Gasteiger partial charge in [-0.05, 0) is 84.5 Å². The molecule has 0 aliphatic carbocycles. The molecular formula is C31H41NO6. The zero-order chi connectivity index (χ0) is 27.7. The number of rotatable bonds is 15. The van der Waals surface area contributed by atoms with Crippen LogP contribution < -0.4 is 9.47 Å². The van der Waals surface area contributed by atoms with Crippen LogP contribution in [-0.4, -0.2) is 46.4 Å². The van der Waals surface area contributed by atoms with Gasteiger partial charge in [0.1, 0.15) is 5.78 Å². The van der Waals surface area contributed by atoms with Crippen LogP contribution in [0.25, 0.3) is 0 Å². The first-order valence-electron chi connectivity index (χ1n) is 13.2. The molecule has 3 aromatic rings. The molecule has 2 aromatic carbocycles. The van der Waals surface area contributed by atoms with Crippen molar-refractivity contribution in [2.24, 2.45) is 17.8 Å². The predicted molar refractivity (Wildman–Crippen MR) is 148 cm³/mol. The third-order valence-corrected chi connectivity index (χ3v) is 7.13. The maximum atomic E-state index is 13.6. The molecular weight excluding hydrogens is 482 g/mol. The van der Waals surface area contributed by atoms with Gasteiger partial charge in [-0.15, -0.1) is 0 Å². The topological polar surface area (TPSA) is 112 Å². The van der Waals surface area contributed by atoms with E-state index < -0.39 is 6.10 Å². The van der Waals surface area contributed by atoms with Crippen LogP contribution in [-0.2, 0) is 24.1 Å². The van der Waals surface area contributed by atoms with E-state index in [9.17, 15) is 20.1 Å². The molecule has 0 bridgehead atoms. The van der Waals surface area contributed by atoms with Crippen LogP contribution in [0.3, 0.4) is 0 Å². The fourth-order valence-electron chi connectivity index (χ4n) is 4.87. The second-order valence-electron chi connectivity index (χ2n) is 10.5. The molecule has 0 aliphatic rings. The second-order valence-corrected chi connectivity index (χ2v) is 10.5. The lowest BCUT2D eigenvalue weighted by molar-refractivity contribution is -0.125. The zero-order valence-corrected chi connectivity index (χ0v) is 22.8. The van der Waals surface area contributed by atoms with E-state index in [1.807, 2.05) is 30.6 Å². The van der Waals surface area contributed by atoms with Crippen molar-refractivity contribution in [3.05, 3.63) is 71.5 Å². The van der Waals surface area contributed by atoms with Gasteiger partial charge < -0.3 is 29.8 Å². The van der Waals surface area contributed by atoms with Crippen molar-refractivity contribution in [1.82, 2.24) is 4.98 Å². The number of carbonyl (C=O) groups is 1. The zero-order valence-electron chi connectivity index (χ0n) is 22.8. The minimum absolute atomic E-state index is 0.0348. The van der Waals surface area contributed by atoms with Gasteiger partial charge in [0.2, 0.25) is 0 Å². The Morgan fingerprint density at radius 3 is 1.95 bits per heavy atom. The van der Waals surface area contributed by atoms with Crippen LogP contribution in [0.5, 0.6) is 23.0 Å². The molecule has 0 saturated carbocycles. The summed E-state index contributed by atoms with van der Waals surface area (Å²) in [6, 6.07) is 12.3. The van der Waals surface area contributed by atoms with Crippen LogP contribution in [0.4, 0.5) is 0 Å². The van der Waals surface area contributed by atoms with Crippen molar-refractivity contribution >= 4 is 5.78 Å². The fraction of sp³-hybridized carbons (Fsp3) is 0.452. The highest BCUT2D eigenvalue weighted by atomic mass is 16.5. The number of aromatic amines is 1. The lowest BCUT2D eigenvalue weighted by atomic mass is 9.82. The van der Waals surface area contributed by atoms with Crippen molar-refractivity contribution in [1.29, 1.82) is 0 Å². The average molecular weight is 524 g/mol. The summed E-state index contributed by atoms with van der Waals surface area (Å²) in [4.78, 5) is 16.7. The van der Waals surface area contributed by atoms with E-state index in [2.05, 4.69) is 18.8 Å². The summed E-state index contributed by atoms with van der Waals surface area (Å²) in [6.45, 7) is 4.28. The second kappa shape index (κ2) is 13.9. The number of aliphatic hydroxyl groups is 1. The molecule has 0 amide bonds. The molecule has 3 rings (SSSR count). The first-order chi connectivity index (χ1) is 18.2. The van der Waals surface area contributed by atoms with Gasteiger partial charge in [0.15, 0.2) is 23.0 Å². The van der Waals surface area contributed by atoms with Gasteiger partial charge in [-0.2, -0.15) is 0 Å². The van der Waals surface area contributed by atoms with Crippen molar-refractivity contribution in [3.8, 4) is 23.0 Å². The lowest BCUT2D eigenvalue weighted by Crippen LogP contribution is -2.30. The Bertz CT molecular complexity index is 1160. The Morgan fingerprint density at radius 1 is 0.842 bits per heavy atom. The summed E-state index contributed by atoms with van der Waals surface area (Å²) in [6.07, 6.45) is 6.26.